The third kappa shape index (κ3) is 1.71. The van der Waals surface area contributed by atoms with E-state index in [-0.39, 0.29) is 6.61 Å². The van der Waals surface area contributed by atoms with Gasteiger partial charge in [0.2, 0.25) is 6.23 Å². The fraction of sp³-hybridized carbons (Fsp3) is 0.222. The van der Waals surface area contributed by atoms with Crippen molar-refractivity contribution < 1.29 is 19.4 Å². The van der Waals surface area contributed by atoms with Crippen molar-refractivity contribution in [2.24, 2.45) is 0 Å². The molecule has 1 aromatic carbocycles. The van der Waals surface area contributed by atoms with E-state index in [1.54, 1.807) is 18.2 Å². The van der Waals surface area contributed by atoms with Crippen molar-refractivity contribution in [2.75, 3.05) is 6.61 Å². The number of fused-ring (bicyclic) bond motifs is 1. The molecule has 14 heavy (non-hydrogen) atoms. The van der Waals surface area contributed by atoms with Crippen molar-refractivity contribution in [3.8, 4) is 11.5 Å². The molecule has 0 saturated carbocycles. The number of ether oxygens (including phenoxy) is 2. The van der Waals surface area contributed by atoms with Gasteiger partial charge in [0.25, 0.3) is 0 Å². The monoisotopic (exact) mass is 195 g/mol. The molecule has 0 radical (unpaired) electrons. The molecule has 0 aliphatic carbocycles. The molecule has 0 saturated heterocycles. The summed E-state index contributed by atoms with van der Waals surface area (Å²) in [5.74, 6) is 1.19. The molecule has 1 unspecified atom stereocenters. The van der Waals surface area contributed by atoms with E-state index in [0.717, 1.165) is 0 Å². The van der Waals surface area contributed by atoms with Gasteiger partial charge in [-0.15, -0.1) is 0 Å². The normalized spacial score (nSPS) is 18.7. The van der Waals surface area contributed by atoms with Crippen LogP contribution in [0.4, 0.5) is 4.79 Å². The Morgan fingerprint density at radius 1 is 1.43 bits per heavy atom. The maximum Gasteiger partial charge on any atom is 0.407 e. The number of hydrogen-bond donors (Lipinski definition) is 2. The molecule has 5 nitrogen and oxygen atoms in total. The Morgan fingerprint density at radius 3 is 2.86 bits per heavy atom. The maximum atomic E-state index is 10.3. The Balaban J connectivity index is 2.09. The first kappa shape index (κ1) is 8.68. The van der Waals surface area contributed by atoms with Gasteiger partial charge in [0.15, 0.2) is 11.5 Å². The predicted octanol–water partition coefficient (Wildman–Crippen LogP) is 1.05. The van der Waals surface area contributed by atoms with Gasteiger partial charge < -0.3 is 14.6 Å². The van der Waals surface area contributed by atoms with E-state index in [4.69, 9.17) is 14.6 Å². The smallest absolute Gasteiger partial charge is 0.407 e. The summed E-state index contributed by atoms with van der Waals surface area (Å²) in [7, 11) is 0. The van der Waals surface area contributed by atoms with Crippen molar-refractivity contribution >= 4 is 6.09 Å². The van der Waals surface area contributed by atoms with Gasteiger partial charge in [-0.2, -0.15) is 0 Å². The topological polar surface area (TPSA) is 67.8 Å². The average molecular weight is 195 g/mol. The molecule has 0 bridgehead atoms. The minimum absolute atomic E-state index is 0.184. The summed E-state index contributed by atoms with van der Waals surface area (Å²) in [5, 5.41) is 10.7. The van der Waals surface area contributed by atoms with E-state index < -0.39 is 12.3 Å². The predicted molar refractivity (Wildman–Crippen MR) is 47.5 cm³/mol. The zero-order valence-corrected chi connectivity index (χ0v) is 7.27. The van der Waals surface area contributed by atoms with Crippen LogP contribution in [0.2, 0.25) is 0 Å². The number of benzene rings is 1. The number of nitrogens with one attached hydrogen (secondary N) is 1. The summed E-state index contributed by atoms with van der Waals surface area (Å²) >= 11 is 0. The Morgan fingerprint density at radius 2 is 2.14 bits per heavy atom. The van der Waals surface area contributed by atoms with Gasteiger partial charge >= 0.3 is 6.09 Å². The Kier molecular flexibility index (Phi) is 2.14. The van der Waals surface area contributed by atoms with Crippen molar-refractivity contribution in [2.45, 2.75) is 6.23 Å². The van der Waals surface area contributed by atoms with Gasteiger partial charge in [-0.3, -0.25) is 5.32 Å². The first-order valence-corrected chi connectivity index (χ1v) is 4.13. The van der Waals surface area contributed by atoms with E-state index in [9.17, 15) is 4.79 Å². The van der Waals surface area contributed by atoms with E-state index in [1.807, 2.05) is 6.07 Å². The molecule has 0 fully saturated rings. The highest BCUT2D eigenvalue weighted by molar-refractivity contribution is 5.64. The first-order valence-electron chi connectivity index (χ1n) is 4.13. The summed E-state index contributed by atoms with van der Waals surface area (Å²) in [6, 6.07) is 7.12. The molecule has 1 aromatic rings. The molecule has 1 heterocycles. The molecule has 1 aliphatic heterocycles. The van der Waals surface area contributed by atoms with Crippen LogP contribution >= 0.6 is 0 Å². The third-order valence-corrected chi connectivity index (χ3v) is 1.79. The first-order chi connectivity index (χ1) is 6.75. The van der Waals surface area contributed by atoms with E-state index in [0.29, 0.717) is 11.5 Å². The van der Waals surface area contributed by atoms with Crippen LogP contribution in [-0.2, 0) is 0 Å². The van der Waals surface area contributed by atoms with Gasteiger partial charge in [0, 0.05) is 0 Å². The molecule has 5 heteroatoms. The number of carbonyl (C=O) groups is 1. The zero-order valence-electron chi connectivity index (χ0n) is 7.27. The van der Waals surface area contributed by atoms with Crippen LogP contribution in [0.15, 0.2) is 24.3 Å². The van der Waals surface area contributed by atoms with Crippen molar-refractivity contribution in [3.05, 3.63) is 24.3 Å². The molecule has 0 spiro atoms. The SMILES string of the molecule is O=C(O)NC1COc2ccccc2O1. The van der Waals surface area contributed by atoms with Crippen LogP contribution in [0.1, 0.15) is 0 Å². The lowest BCUT2D eigenvalue weighted by Gasteiger charge is -2.25. The molecular formula is C9H9NO4. The minimum Gasteiger partial charge on any atom is -0.484 e. The lowest BCUT2D eigenvalue weighted by molar-refractivity contribution is 0.0654. The molecule has 0 aromatic heterocycles. The molecule has 1 atom stereocenters. The van der Waals surface area contributed by atoms with Gasteiger partial charge in [0.05, 0.1) is 0 Å². The van der Waals surface area contributed by atoms with Crippen LogP contribution < -0.4 is 14.8 Å². The lowest BCUT2D eigenvalue weighted by atomic mass is 10.3. The Bertz CT molecular complexity index is 352. The molecule has 2 N–H and O–H groups in total. The summed E-state index contributed by atoms with van der Waals surface area (Å²) in [6.07, 6.45) is -1.76. The number of rotatable bonds is 1. The van der Waals surface area contributed by atoms with E-state index in [1.165, 1.54) is 0 Å². The minimum atomic E-state index is -1.13. The second-order valence-corrected chi connectivity index (χ2v) is 2.81. The molecule has 74 valence electrons. The molecule has 1 amide bonds. The van der Waals surface area contributed by atoms with Crippen LogP contribution in [0.3, 0.4) is 0 Å². The standard InChI is InChI=1S/C9H9NO4/c11-9(12)10-8-5-13-6-3-1-2-4-7(6)14-8/h1-4,8,10H,5H2,(H,11,12). The summed E-state index contributed by atoms with van der Waals surface area (Å²) in [4.78, 5) is 10.3. The van der Waals surface area contributed by atoms with Crippen molar-refractivity contribution in [1.82, 2.24) is 5.32 Å². The highest BCUT2D eigenvalue weighted by Crippen LogP contribution is 2.30. The quantitative estimate of drug-likeness (QED) is 0.702. The highest BCUT2D eigenvalue weighted by Gasteiger charge is 2.21. The number of para-hydroxylation sites is 2. The van der Waals surface area contributed by atoms with E-state index >= 15 is 0 Å². The number of amides is 1. The fourth-order valence-electron chi connectivity index (χ4n) is 1.23. The van der Waals surface area contributed by atoms with Gasteiger partial charge in [0.1, 0.15) is 6.61 Å². The summed E-state index contributed by atoms with van der Waals surface area (Å²) in [5.41, 5.74) is 0. The van der Waals surface area contributed by atoms with Gasteiger partial charge in [-0.25, -0.2) is 4.79 Å². The Labute approximate surface area is 80.3 Å². The lowest BCUT2D eigenvalue weighted by Crippen LogP contribution is -2.44. The fourth-order valence-corrected chi connectivity index (χ4v) is 1.23. The summed E-state index contributed by atoms with van der Waals surface area (Å²) in [6.45, 7) is 0.184. The van der Waals surface area contributed by atoms with Crippen LogP contribution in [0.25, 0.3) is 0 Å². The number of carboxylic acid groups (broad SMARTS) is 1. The summed E-state index contributed by atoms with van der Waals surface area (Å²) < 4.78 is 10.6. The molecule has 2 rings (SSSR count). The average Bonchev–Trinajstić information content (AvgIpc) is 2.17. The van der Waals surface area contributed by atoms with Crippen LogP contribution in [0, 0.1) is 0 Å². The third-order valence-electron chi connectivity index (χ3n) is 1.79. The second kappa shape index (κ2) is 3.45. The van der Waals surface area contributed by atoms with Gasteiger partial charge in [-0.05, 0) is 12.1 Å². The molecular weight excluding hydrogens is 186 g/mol. The second-order valence-electron chi connectivity index (χ2n) is 2.81. The van der Waals surface area contributed by atoms with Crippen molar-refractivity contribution in [1.29, 1.82) is 0 Å². The van der Waals surface area contributed by atoms with E-state index in [2.05, 4.69) is 5.32 Å². The number of hydrogen-bond acceptors (Lipinski definition) is 3. The van der Waals surface area contributed by atoms with Crippen LogP contribution in [0.5, 0.6) is 11.5 Å². The molecule has 1 aliphatic rings. The maximum absolute atomic E-state index is 10.3. The van der Waals surface area contributed by atoms with Crippen LogP contribution in [-0.4, -0.2) is 24.0 Å². The largest absolute Gasteiger partial charge is 0.484 e. The highest BCUT2D eigenvalue weighted by atomic mass is 16.6. The van der Waals surface area contributed by atoms with Crippen molar-refractivity contribution in [3.63, 3.8) is 0 Å². The Hall–Kier alpha value is -1.91. The van der Waals surface area contributed by atoms with Gasteiger partial charge in [-0.1, -0.05) is 12.1 Å². The zero-order chi connectivity index (χ0) is 9.97.